The highest BCUT2D eigenvalue weighted by Crippen LogP contribution is 2.55. The topological polar surface area (TPSA) is 37.3 Å². The minimum Gasteiger partial charge on any atom is -0.430 e. The Kier molecular flexibility index (Phi) is 4.69. The predicted molar refractivity (Wildman–Crippen MR) is 109 cm³/mol. The molecule has 5 nitrogen and oxygen atoms in total. The number of benzene rings is 1. The van der Waals surface area contributed by atoms with Crippen LogP contribution in [0.2, 0.25) is 0 Å². The molecule has 1 atom stereocenters. The van der Waals surface area contributed by atoms with Crippen LogP contribution < -0.4 is 10.2 Å². The SMILES string of the molecule is CN(C)c1ccc2c(c1)N=C(c1cccs1)O[P@@]2(=S)N1CCOCC1. The fourth-order valence-corrected chi connectivity index (χ4v) is 7.07. The van der Waals surface area contributed by atoms with E-state index in [-0.39, 0.29) is 0 Å². The highest BCUT2D eigenvalue weighted by Gasteiger charge is 2.38. The molecule has 1 saturated heterocycles. The Morgan fingerprint density at radius 1 is 1.24 bits per heavy atom. The number of fused-ring (bicyclic) bond motifs is 1. The van der Waals surface area contributed by atoms with E-state index >= 15 is 0 Å². The van der Waals surface area contributed by atoms with Gasteiger partial charge in [0.05, 0.1) is 29.1 Å². The molecule has 0 amide bonds. The molecule has 0 spiro atoms. The van der Waals surface area contributed by atoms with Crippen LogP contribution in [-0.4, -0.2) is 51.0 Å². The second-order valence-electron chi connectivity index (χ2n) is 6.14. The first-order chi connectivity index (χ1) is 12.1. The lowest BCUT2D eigenvalue weighted by Gasteiger charge is -2.39. The molecule has 3 heterocycles. The van der Waals surface area contributed by atoms with E-state index in [9.17, 15) is 0 Å². The maximum Gasteiger partial charge on any atom is 0.236 e. The molecule has 0 radical (unpaired) electrons. The minimum atomic E-state index is -2.38. The third-order valence-electron chi connectivity index (χ3n) is 4.30. The third kappa shape index (κ3) is 3.15. The number of anilines is 1. The number of thiophene rings is 1. The molecule has 1 fully saturated rings. The first-order valence-corrected chi connectivity index (χ1v) is 11.7. The van der Waals surface area contributed by atoms with Gasteiger partial charge in [-0.1, -0.05) is 6.07 Å². The fourth-order valence-electron chi connectivity index (χ4n) is 2.94. The summed E-state index contributed by atoms with van der Waals surface area (Å²) in [5, 5.41) is 3.07. The molecule has 25 heavy (non-hydrogen) atoms. The van der Waals surface area contributed by atoms with Crippen LogP contribution in [0.15, 0.2) is 40.7 Å². The molecule has 2 aliphatic heterocycles. The van der Waals surface area contributed by atoms with Gasteiger partial charge >= 0.3 is 0 Å². The van der Waals surface area contributed by atoms with Gasteiger partial charge in [-0.25, -0.2) is 9.66 Å². The average molecular weight is 393 g/mol. The molecule has 0 unspecified atom stereocenters. The van der Waals surface area contributed by atoms with E-state index in [1.54, 1.807) is 11.3 Å². The molecule has 2 aromatic rings. The molecule has 4 rings (SSSR count). The van der Waals surface area contributed by atoms with Crippen molar-refractivity contribution in [2.24, 2.45) is 4.99 Å². The standard InChI is InChI=1S/C17H20N3O2PS2/c1-19(2)13-5-6-15-14(12-13)18-17(16-4-3-11-25-16)22-23(15,24)20-7-9-21-10-8-20/h3-6,11-12H,7-10H2,1-2H3/t23-/m0/s1. The van der Waals surface area contributed by atoms with Crippen LogP contribution in [0.1, 0.15) is 4.88 Å². The molecule has 0 bridgehead atoms. The van der Waals surface area contributed by atoms with Gasteiger partial charge < -0.3 is 14.2 Å². The predicted octanol–water partition coefficient (Wildman–Crippen LogP) is 3.19. The highest BCUT2D eigenvalue weighted by molar-refractivity contribution is 8.15. The van der Waals surface area contributed by atoms with Gasteiger partial charge in [0.1, 0.15) is 0 Å². The van der Waals surface area contributed by atoms with Crippen LogP contribution in [0.4, 0.5) is 11.4 Å². The summed E-state index contributed by atoms with van der Waals surface area (Å²) in [6.45, 7) is 2.98. The zero-order valence-corrected chi connectivity index (χ0v) is 16.7. The lowest BCUT2D eigenvalue weighted by molar-refractivity contribution is 0.0723. The molecular formula is C17H20N3O2PS2. The van der Waals surface area contributed by atoms with Gasteiger partial charge in [-0.05, 0) is 41.5 Å². The fraction of sp³-hybridized carbons (Fsp3) is 0.353. The lowest BCUT2D eigenvalue weighted by Crippen LogP contribution is -2.39. The maximum absolute atomic E-state index is 6.43. The van der Waals surface area contributed by atoms with Crippen molar-refractivity contribution in [1.29, 1.82) is 0 Å². The number of morpholine rings is 1. The normalized spacial score (nSPS) is 23.5. The van der Waals surface area contributed by atoms with Crippen molar-refractivity contribution in [3.63, 3.8) is 0 Å². The number of nitrogens with zero attached hydrogens (tertiary/aromatic N) is 3. The molecule has 1 aromatic carbocycles. The summed E-state index contributed by atoms with van der Waals surface area (Å²) in [6.07, 6.45) is -2.38. The molecule has 0 aliphatic carbocycles. The first kappa shape index (κ1) is 17.2. The summed E-state index contributed by atoms with van der Waals surface area (Å²) >= 11 is 7.78. The van der Waals surface area contributed by atoms with Crippen LogP contribution in [0.25, 0.3) is 0 Å². The van der Waals surface area contributed by atoms with Gasteiger partial charge in [-0.15, -0.1) is 11.3 Å². The number of rotatable bonds is 3. The van der Waals surface area contributed by atoms with Gasteiger partial charge in [-0.2, -0.15) is 0 Å². The van der Waals surface area contributed by atoms with Crippen molar-refractivity contribution in [3.05, 3.63) is 40.6 Å². The highest BCUT2D eigenvalue weighted by atomic mass is 32.4. The van der Waals surface area contributed by atoms with Crippen molar-refractivity contribution in [1.82, 2.24) is 4.67 Å². The lowest BCUT2D eigenvalue weighted by atomic mass is 10.2. The Morgan fingerprint density at radius 3 is 2.72 bits per heavy atom. The monoisotopic (exact) mass is 393 g/mol. The van der Waals surface area contributed by atoms with Gasteiger partial charge in [0, 0.05) is 32.9 Å². The van der Waals surface area contributed by atoms with Crippen molar-refractivity contribution in [2.45, 2.75) is 0 Å². The second kappa shape index (κ2) is 6.82. The number of ether oxygens (including phenoxy) is 1. The summed E-state index contributed by atoms with van der Waals surface area (Å²) in [4.78, 5) is 7.90. The van der Waals surface area contributed by atoms with Crippen molar-refractivity contribution in [3.8, 4) is 0 Å². The zero-order chi connectivity index (χ0) is 17.4. The molecule has 132 valence electrons. The van der Waals surface area contributed by atoms with Gasteiger partial charge in [0.25, 0.3) is 0 Å². The van der Waals surface area contributed by atoms with Crippen LogP contribution >= 0.6 is 17.8 Å². The van der Waals surface area contributed by atoms with Gasteiger partial charge in [0.15, 0.2) is 0 Å². The summed E-state index contributed by atoms with van der Waals surface area (Å²) in [5.41, 5.74) is 2.04. The van der Waals surface area contributed by atoms with Crippen LogP contribution in [0, 0.1) is 0 Å². The molecule has 0 N–H and O–H groups in total. The molecule has 8 heteroatoms. The van der Waals surface area contributed by atoms with E-state index in [1.165, 1.54) is 0 Å². The Balaban J connectivity index is 1.84. The summed E-state index contributed by atoms with van der Waals surface area (Å²) in [7, 11) is 4.06. The van der Waals surface area contributed by atoms with E-state index in [4.69, 9.17) is 26.1 Å². The number of aliphatic imine (C=N–C) groups is 1. The minimum absolute atomic E-state index is 0.647. The first-order valence-electron chi connectivity index (χ1n) is 8.15. The Hall–Kier alpha value is -1.24. The zero-order valence-electron chi connectivity index (χ0n) is 14.2. The maximum atomic E-state index is 6.43. The van der Waals surface area contributed by atoms with Crippen molar-refractivity contribution >= 4 is 52.1 Å². The van der Waals surface area contributed by atoms with Crippen molar-refractivity contribution in [2.75, 3.05) is 45.3 Å². The molecule has 0 saturated carbocycles. The number of hydrogen-bond donors (Lipinski definition) is 0. The molecular weight excluding hydrogens is 373 g/mol. The van der Waals surface area contributed by atoms with E-state index in [1.807, 2.05) is 31.6 Å². The van der Waals surface area contributed by atoms with Crippen LogP contribution in [0.5, 0.6) is 0 Å². The second-order valence-corrected chi connectivity index (χ2v) is 10.8. The van der Waals surface area contributed by atoms with E-state index in [2.05, 4.69) is 27.8 Å². The van der Waals surface area contributed by atoms with Crippen LogP contribution in [0.3, 0.4) is 0 Å². The molecule has 1 aromatic heterocycles. The summed E-state index contributed by atoms with van der Waals surface area (Å²) < 4.78 is 14.2. The number of hydrogen-bond acceptors (Lipinski definition) is 6. The average Bonchev–Trinajstić information content (AvgIpc) is 3.16. The van der Waals surface area contributed by atoms with Gasteiger partial charge in [-0.3, -0.25) is 0 Å². The van der Waals surface area contributed by atoms with Crippen LogP contribution in [-0.2, 0) is 21.1 Å². The third-order valence-corrected chi connectivity index (χ3v) is 9.22. The molecule has 2 aliphatic rings. The van der Waals surface area contributed by atoms with E-state index < -0.39 is 6.42 Å². The van der Waals surface area contributed by atoms with E-state index in [0.717, 1.165) is 34.6 Å². The summed E-state index contributed by atoms with van der Waals surface area (Å²) in [5.74, 6) is 0.647. The van der Waals surface area contributed by atoms with E-state index in [0.29, 0.717) is 19.1 Å². The smallest absolute Gasteiger partial charge is 0.236 e. The summed E-state index contributed by atoms with van der Waals surface area (Å²) in [6, 6.07) is 10.3. The Labute approximate surface area is 157 Å². The Bertz CT molecular complexity index is 846. The quantitative estimate of drug-likeness (QED) is 0.749. The largest absolute Gasteiger partial charge is 0.430 e. The Morgan fingerprint density at radius 2 is 2.04 bits per heavy atom. The van der Waals surface area contributed by atoms with Crippen molar-refractivity contribution < 1.29 is 9.26 Å². The van der Waals surface area contributed by atoms with Gasteiger partial charge in [0.2, 0.25) is 12.3 Å².